The van der Waals surface area contributed by atoms with E-state index in [-0.39, 0.29) is 23.3 Å². The van der Waals surface area contributed by atoms with Gasteiger partial charge in [0, 0.05) is 32.0 Å². The van der Waals surface area contributed by atoms with E-state index >= 15 is 0 Å². The number of hydrogen-bond acceptors (Lipinski definition) is 6. The Balaban J connectivity index is 1.62. The van der Waals surface area contributed by atoms with Gasteiger partial charge in [0.2, 0.25) is 21.8 Å². The van der Waals surface area contributed by atoms with Crippen LogP contribution < -0.4 is 10.6 Å². The molecule has 2 heterocycles. The molecule has 0 aliphatic carbocycles. The summed E-state index contributed by atoms with van der Waals surface area (Å²) in [6.45, 7) is 0.808. The Labute approximate surface area is 199 Å². The number of carbonyl (C=O) groups is 2. The van der Waals surface area contributed by atoms with Crippen molar-refractivity contribution in [1.82, 2.24) is 19.9 Å². The normalized spacial score (nSPS) is 17.8. The monoisotopic (exact) mass is 490 g/mol. The third-order valence-electron chi connectivity index (χ3n) is 5.57. The molecule has 2 N–H and O–H groups in total. The molecule has 0 saturated carbocycles. The average molecular weight is 491 g/mol. The molecule has 1 aliphatic heterocycles. The Kier molecular flexibility index (Phi) is 9.28. The number of aromatic nitrogens is 1. The Hall–Kier alpha value is -2.43. The Morgan fingerprint density at radius 1 is 1.21 bits per heavy atom. The van der Waals surface area contributed by atoms with Crippen molar-refractivity contribution in [2.75, 3.05) is 25.1 Å². The fraction of sp³-hybridized carbons (Fsp3) is 0.435. The van der Waals surface area contributed by atoms with Gasteiger partial charge in [-0.25, -0.2) is 8.42 Å². The lowest BCUT2D eigenvalue weighted by Crippen LogP contribution is -2.51. The Morgan fingerprint density at radius 3 is 2.70 bits per heavy atom. The molecule has 1 aromatic carbocycles. The predicted octanol–water partition coefficient (Wildman–Crippen LogP) is 2.04. The molecule has 0 radical (unpaired) electrons. The Morgan fingerprint density at radius 2 is 2.00 bits per heavy atom. The Bertz CT molecular complexity index is 1020. The molecule has 0 unspecified atom stereocenters. The first-order chi connectivity index (χ1) is 15.9. The smallest absolute Gasteiger partial charge is 0.243 e. The number of thioether (sulfide) groups is 1. The van der Waals surface area contributed by atoms with Crippen LogP contribution in [-0.2, 0) is 26.2 Å². The van der Waals surface area contributed by atoms with Crippen LogP contribution in [0.15, 0.2) is 59.8 Å². The van der Waals surface area contributed by atoms with Gasteiger partial charge in [-0.15, -0.1) is 0 Å². The fourth-order valence-corrected chi connectivity index (χ4v) is 5.74. The van der Waals surface area contributed by atoms with Crippen molar-refractivity contribution < 1.29 is 18.0 Å². The molecule has 8 nitrogen and oxygen atoms in total. The molecule has 2 atom stereocenters. The minimum Gasteiger partial charge on any atom is -0.350 e. The molecular formula is C23H30N4O4S2. The summed E-state index contributed by atoms with van der Waals surface area (Å²) in [6, 6.07) is 11.2. The highest BCUT2D eigenvalue weighted by Crippen LogP contribution is 2.24. The van der Waals surface area contributed by atoms with Crippen molar-refractivity contribution in [1.29, 1.82) is 0 Å². The van der Waals surface area contributed by atoms with Gasteiger partial charge in [0.05, 0.1) is 10.8 Å². The lowest BCUT2D eigenvalue weighted by atomic mass is 9.98. The number of piperidine rings is 1. The van der Waals surface area contributed by atoms with Crippen molar-refractivity contribution in [3.05, 3.63) is 60.4 Å². The van der Waals surface area contributed by atoms with Crippen LogP contribution in [0, 0.1) is 5.92 Å². The molecule has 1 saturated heterocycles. The van der Waals surface area contributed by atoms with Crippen LogP contribution in [0.25, 0.3) is 0 Å². The lowest BCUT2D eigenvalue weighted by molar-refractivity contribution is -0.132. The highest BCUT2D eigenvalue weighted by molar-refractivity contribution is 7.98. The molecule has 2 aromatic rings. The first-order valence-corrected chi connectivity index (χ1v) is 13.8. The summed E-state index contributed by atoms with van der Waals surface area (Å²) in [4.78, 5) is 30.1. The van der Waals surface area contributed by atoms with Gasteiger partial charge in [-0.2, -0.15) is 16.1 Å². The summed E-state index contributed by atoms with van der Waals surface area (Å²) in [5.41, 5.74) is 0.870. The number of benzene rings is 1. The molecule has 3 rings (SSSR count). The minimum atomic E-state index is -3.66. The second kappa shape index (κ2) is 12.2. The highest BCUT2D eigenvalue weighted by Gasteiger charge is 2.34. The third-order valence-corrected chi connectivity index (χ3v) is 8.09. The number of amides is 2. The van der Waals surface area contributed by atoms with Crippen LogP contribution in [0.5, 0.6) is 0 Å². The maximum absolute atomic E-state index is 13.0. The molecule has 1 aromatic heterocycles. The number of hydrogen-bond donors (Lipinski definition) is 2. The van der Waals surface area contributed by atoms with Crippen molar-refractivity contribution in [3.63, 3.8) is 0 Å². The molecule has 1 fully saturated rings. The van der Waals surface area contributed by atoms with Crippen molar-refractivity contribution in [2.24, 2.45) is 5.92 Å². The molecule has 10 heteroatoms. The van der Waals surface area contributed by atoms with Crippen LogP contribution in [0.1, 0.15) is 24.8 Å². The number of carbonyl (C=O) groups excluding carboxylic acids is 2. The van der Waals surface area contributed by atoms with Gasteiger partial charge in [0.25, 0.3) is 0 Å². The average Bonchev–Trinajstić information content (AvgIpc) is 2.86. The van der Waals surface area contributed by atoms with Crippen molar-refractivity contribution in [2.45, 2.75) is 36.7 Å². The summed E-state index contributed by atoms with van der Waals surface area (Å²) < 4.78 is 27.3. The van der Waals surface area contributed by atoms with Crippen molar-refractivity contribution in [3.8, 4) is 0 Å². The van der Waals surface area contributed by atoms with Crippen LogP contribution in [0.2, 0.25) is 0 Å². The first kappa shape index (κ1) is 25.2. The zero-order valence-corrected chi connectivity index (χ0v) is 20.3. The maximum atomic E-state index is 13.0. The van der Waals surface area contributed by atoms with Crippen LogP contribution >= 0.6 is 11.8 Å². The second-order valence-corrected chi connectivity index (χ2v) is 10.9. The zero-order valence-electron chi connectivity index (χ0n) is 18.6. The number of sulfonamides is 1. The molecule has 178 valence electrons. The maximum Gasteiger partial charge on any atom is 0.243 e. The number of pyridine rings is 1. The summed E-state index contributed by atoms with van der Waals surface area (Å²) in [7, 11) is -3.66. The molecule has 1 aliphatic rings. The molecule has 0 spiro atoms. The molecular weight excluding hydrogens is 460 g/mol. The third kappa shape index (κ3) is 7.02. The second-order valence-electron chi connectivity index (χ2n) is 7.94. The molecule has 33 heavy (non-hydrogen) atoms. The quantitative estimate of drug-likeness (QED) is 0.528. The van der Waals surface area contributed by atoms with Gasteiger partial charge in [-0.3, -0.25) is 14.6 Å². The van der Waals surface area contributed by atoms with Crippen LogP contribution in [-0.4, -0.2) is 60.7 Å². The summed E-state index contributed by atoms with van der Waals surface area (Å²) in [6.07, 6.45) is 6.95. The summed E-state index contributed by atoms with van der Waals surface area (Å²) in [5.74, 6) is -0.332. The number of nitrogens with one attached hydrogen (secondary N) is 2. The van der Waals surface area contributed by atoms with E-state index in [0.29, 0.717) is 38.1 Å². The summed E-state index contributed by atoms with van der Waals surface area (Å²) in [5, 5.41) is 5.73. The van der Waals surface area contributed by atoms with E-state index in [2.05, 4.69) is 15.6 Å². The van der Waals surface area contributed by atoms with Crippen LogP contribution in [0.4, 0.5) is 0 Å². The van der Waals surface area contributed by atoms with E-state index in [4.69, 9.17) is 0 Å². The van der Waals surface area contributed by atoms with E-state index in [1.54, 1.807) is 60.6 Å². The van der Waals surface area contributed by atoms with E-state index in [1.165, 1.54) is 4.31 Å². The standard InChI is InChI=1S/C23H30N4O4S2/c1-32-14-11-21(23(29)25-16-18-7-5-12-24-15-18)26-22(28)19-8-6-13-27(17-19)33(30,31)20-9-3-2-4-10-20/h2-5,7,9-10,12,15,19,21H,6,8,11,13-14,16-17H2,1H3,(H,25,29)(H,26,28)/t19-,21-/m0/s1. The van der Waals surface area contributed by atoms with E-state index in [9.17, 15) is 18.0 Å². The fourth-order valence-electron chi connectivity index (χ4n) is 3.73. The highest BCUT2D eigenvalue weighted by atomic mass is 32.2. The molecule has 2 amide bonds. The minimum absolute atomic E-state index is 0.107. The first-order valence-electron chi connectivity index (χ1n) is 10.9. The van der Waals surface area contributed by atoms with Gasteiger partial charge >= 0.3 is 0 Å². The van der Waals surface area contributed by atoms with Gasteiger partial charge in [0.15, 0.2) is 0 Å². The van der Waals surface area contributed by atoms with Crippen molar-refractivity contribution >= 4 is 33.6 Å². The topological polar surface area (TPSA) is 108 Å². The predicted molar refractivity (Wildman–Crippen MR) is 129 cm³/mol. The van der Waals surface area contributed by atoms with Gasteiger partial charge in [-0.05, 0) is 55.0 Å². The van der Waals surface area contributed by atoms with E-state index in [0.717, 1.165) is 5.56 Å². The van der Waals surface area contributed by atoms with Gasteiger partial charge in [-0.1, -0.05) is 24.3 Å². The van der Waals surface area contributed by atoms with Gasteiger partial charge < -0.3 is 10.6 Å². The zero-order chi connectivity index (χ0) is 23.7. The van der Waals surface area contributed by atoms with Crippen LogP contribution in [0.3, 0.4) is 0 Å². The SMILES string of the molecule is CSCC[C@H](NC(=O)[C@H]1CCCN(S(=O)(=O)c2ccccc2)C1)C(=O)NCc1cccnc1. The largest absolute Gasteiger partial charge is 0.350 e. The lowest BCUT2D eigenvalue weighted by Gasteiger charge is -2.32. The van der Waals surface area contributed by atoms with E-state index < -0.39 is 22.0 Å². The number of nitrogens with zero attached hydrogens (tertiary/aromatic N) is 2. The number of rotatable bonds is 10. The summed E-state index contributed by atoms with van der Waals surface area (Å²) >= 11 is 1.60. The van der Waals surface area contributed by atoms with E-state index in [1.807, 2.05) is 12.3 Å². The van der Waals surface area contributed by atoms with Gasteiger partial charge in [0.1, 0.15) is 6.04 Å². The molecule has 0 bridgehead atoms.